The number of hydrogen-bond donors (Lipinski definition) is 0. The van der Waals surface area contributed by atoms with Crippen molar-refractivity contribution in [3.63, 3.8) is 0 Å². The first-order valence-electron chi connectivity index (χ1n) is 5.06. The lowest BCUT2D eigenvalue weighted by molar-refractivity contribution is -0.456. The Morgan fingerprint density at radius 1 is 0.385 bits per heavy atom. The summed E-state index contributed by atoms with van der Waals surface area (Å²) in [4.78, 5) is 0. The van der Waals surface area contributed by atoms with Crippen molar-refractivity contribution in [1.29, 1.82) is 0 Å². The molecule has 0 heterocycles. The lowest BCUT2D eigenvalue weighted by atomic mass is 9.91. The molecule has 0 aromatic carbocycles. The van der Waals surface area contributed by atoms with Crippen LogP contribution in [-0.2, 0) is 0 Å². The molecule has 0 unspecified atom stereocenters. The monoisotopic (exact) mass is 454 g/mol. The third kappa shape index (κ3) is 3.25. The topological polar surface area (TPSA) is 0 Å². The van der Waals surface area contributed by atoms with Gasteiger partial charge in [0.2, 0.25) is 0 Å². The van der Waals surface area contributed by atoms with Crippen molar-refractivity contribution in [3.8, 4) is 0 Å². The van der Waals surface area contributed by atoms with E-state index in [-0.39, 0.29) is 13.5 Å². The predicted octanol–water partition coefficient (Wildman–Crippen LogP) is 5.74. The van der Waals surface area contributed by atoms with E-state index in [9.17, 15) is 74.6 Å². The minimum absolute atomic E-state index is 0. The summed E-state index contributed by atoms with van der Waals surface area (Å²) in [7, 11) is 0. The normalized spacial score (nSPS) is 15.9. The quantitative estimate of drug-likeness (QED) is 0.450. The van der Waals surface area contributed by atoms with Crippen LogP contribution in [0.15, 0.2) is 0 Å². The second kappa shape index (κ2) is 6.65. The van der Waals surface area contributed by atoms with Gasteiger partial charge in [0.05, 0.1) is 0 Å². The van der Waals surface area contributed by atoms with E-state index in [0.717, 1.165) is 0 Å². The molecular formula is C8H3F17S. The Kier molecular flexibility index (Phi) is 7.00. The second-order valence-corrected chi connectivity index (χ2v) is 4.29. The average molecular weight is 454 g/mol. The van der Waals surface area contributed by atoms with Gasteiger partial charge in [-0.2, -0.15) is 79.4 Å². The van der Waals surface area contributed by atoms with Crippen LogP contribution in [0.5, 0.6) is 0 Å². The van der Waals surface area contributed by atoms with E-state index in [1.807, 2.05) is 0 Å². The Morgan fingerprint density at radius 3 is 0.846 bits per heavy atom. The van der Waals surface area contributed by atoms with Gasteiger partial charge in [0.15, 0.2) is 0 Å². The second-order valence-electron chi connectivity index (χ2n) is 4.29. The third-order valence-corrected chi connectivity index (χ3v) is 2.63. The molecule has 0 fully saturated rings. The summed E-state index contributed by atoms with van der Waals surface area (Å²) in [6.45, 7) is 0. The van der Waals surface area contributed by atoms with E-state index in [2.05, 4.69) is 0 Å². The Labute approximate surface area is 137 Å². The van der Waals surface area contributed by atoms with E-state index in [1.54, 1.807) is 0 Å². The van der Waals surface area contributed by atoms with Crippen LogP contribution in [0, 0.1) is 0 Å². The van der Waals surface area contributed by atoms with Crippen LogP contribution in [-0.4, -0.2) is 48.1 Å². The van der Waals surface area contributed by atoms with Crippen LogP contribution >= 0.6 is 13.5 Å². The lowest BCUT2D eigenvalue weighted by Gasteiger charge is -2.41. The van der Waals surface area contributed by atoms with Gasteiger partial charge in [-0.3, -0.25) is 0 Å². The molecule has 0 aromatic rings. The van der Waals surface area contributed by atoms with Gasteiger partial charge in [-0.05, 0) is 0 Å². The number of alkyl halides is 17. The van der Waals surface area contributed by atoms with Gasteiger partial charge >= 0.3 is 48.1 Å². The maximum atomic E-state index is 12.8. The molecule has 0 N–H and O–H groups in total. The van der Waals surface area contributed by atoms with Crippen molar-refractivity contribution < 1.29 is 74.6 Å². The maximum Gasteiger partial charge on any atom is 0.460 e. The van der Waals surface area contributed by atoms with E-state index in [0.29, 0.717) is 0 Å². The van der Waals surface area contributed by atoms with E-state index in [1.165, 1.54) is 0 Å². The van der Waals surface area contributed by atoms with Gasteiger partial charge in [0.25, 0.3) is 0 Å². The highest BCUT2D eigenvalue weighted by atomic mass is 32.1. The minimum atomic E-state index is -8.54. The Morgan fingerprint density at radius 2 is 0.615 bits per heavy atom. The average Bonchev–Trinajstić information content (AvgIpc) is 2.35. The van der Waals surface area contributed by atoms with Crippen molar-refractivity contribution in [3.05, 3.63) is 0 Å². The first kappa shape index (κ1) is 27.4. The standard InChI is InChI=1S/C8HF17.H2S/c9-1(10)2(11,12)3(13,14)4(15,16)5(17,18)6(19,20)7(21,22)8(23,24)25;/h1H;1H2. The highest BCUT2D eigenvalue weighted by Gasteiger charge is 2.94. The predicted molar refractivity (Wildman–Crippen MR) is 52.1 cm³/mol. The zero-order valence-electron chi connectivity index (χ0n) is 11.0. The first-order chi connectivity index (χ1) is 10.4. The Balaban J connectivity index is 0. The molecule has 0 rings (SSSR count). The largest absolute Gasteiger partial charge is 0.460 e. The molecule has 18 heteroatoms. The highest BCUT2D eigenvalue weighted by molar-refractivity contribution is 7.59. The van der Waals surface area contributed by atoms with Gasteiger partial charge in [0.1, 0.15) is 0 Å². The van der Waals surface area contributed by atoms with Crippen LogP contribution in [0.2, 0.25) is 0 Å². The Bertz CT molecular complexity index is 487. The minimum Gasteiger partial charge on any atom is -0.203 e. The number of rotatable bonds is 6. The van der Waals surface area contributed by atoms with Crippen LogP contribution in [0.4, 0.5) is 74.6 Å². The molecule has 0 aliphatic rings. The van der Waals surface area contributed by atoms with Gasteiger partial charge in [-0.1, -0.05) is 0 Å². The smallest absolute Gasteiger partial charge is 0.203 e. The van der Waals surface area contributed by atoms with Crippen molar-refractivity contribution in [2.45, 2.75) is 48.1 Å². The molecule has 0 spiro atoms. The molecule has 0 nitrogen and oxygen atoms in total. The number of hydrogen-bond acceptors (Lipinski definition) is 0. The van der Waals surface area contributed by atoms with E-state index < -0.39 is 48.1 Å². The fourth-order valence-corrected chi connectivity index (χ4v) is 1.12. The Hall–Kier alpha value is -0.840. The summed E-state index contributed by atoms with van der Waals surface area (Å²) in [5, 5.41) is 0. The molecule has 0 amide bonds. The van der Waals surface area contributed by atoms with Crippen LogP contribution in [0.25, 0.3) is 0 Å². The fraction of sp³-hybridized carbons (Fsp3) is 1.00. The molecule has 26 heavy (non-hydrogen) atoms. The van der Waals surface area contributed by atoms with Gasteiger partial charge in [-0.15, -0.1) is 0 Å². The molecular weight excluding hydrogens is 451 g/mol. The summed E-state index contributed by atoms with van der Waals surface area (Å²) in [5.41, 5.74) is 0. The summed E-state index contributed by atoms with van der Waals surface area (Å²) >= 11 is 0. The van der Waals surface area contributed by atoms with Gasteiger partial charge in [0, 0.05) is 0 Å². The third-order valence-electron chi connectivity index (χ3n) is 2.63. The van der Waals surface area contributed by atoms with Crippen LogP contribution in [0.3, 0.4) is 0 Å². The van der Waals surface area contributed by atoms with E-state index >= 15 is 0 Å². The number of halogens is 17. The summed E-state index contributed by atoms with van der Waals surface area (Å²) in [6, 6.07) is 0. The molecule has 0 aliphatic carbocycles. The van der Waals surface area contributed by atoms with Crippen molar-refractivity contribution >= 4 is 13.5 Å². The first-order valence-corrected chi connectivity index (χ1v) is 5.06. The molecule has 0 atom stereocenters. The summed E-state index contributed by atoms with van der Waals surface area (Å²) in [6.07, 6.45) is -13.6. The molecule has 160 valence electrons. The molecule has 0 saturated carbocycles. The summed E-state index contributed by atoms with van der Waals surface area (Å²) in [5.74, 6) is -49.2. The van der Waals surface area contributed by atoms with Gasteiger partial charge in [-0.25, -0.2) is 8.78 Å². The summed E-state index contributed by atoms with van der Waals surface area (Å²) < 4.78 is 209. The van der Waals surface area contributed by atoms with Crippen molar-refractivity contribution in [1.82, 2.24) is 0 Å². The molecule has 0 bridgehead atoms. The highest BCUT2D eigenvalue weighted by Crippen LogP contribution is 2.62. The van der Waals surface area contributed by atoms with Crippen molar-refractivity contribution in [2.75, 3.05) is 0 Å². The molecule has 0 radical (unpaired) electrons. The van der Waals surface area contributed by atoms with Crippen LogP contribution < -0.4 is 0 Å². The zero-order valence-corrected chi connectivity index (χ0v) is 12.0. The molecule has 0 aliphatic heterocycles. The van der Waals surface area contributed by atoms with E-state index in [4.69, 9.17) is 0 Å². The fourth-order valence-electron chi connectivity index (χ4n) is 1.12. The van der Waals surface area contributed by atoms with Crippen LogP contribution in [0.1, 0.15) is 0 Å². The zero-order chi connectivity index (χ0) is 21.1. The molecule has 0 saturated heterocycles. The maximum absolute atomic E-state index is 12.8. The van der Waals surface area contributed by atoms with Crippen molar-refractivity contribution in [2.24, 2.45) is 0 Å². The molecule has 0 aromatic heterocycles. The van der Waals surface area contributed by atoms with Gasteiger partial charge < -0.3 is 0 Å². The lowest BCUT2D eigenvalue weighted by Crippen LogP contribution is -2.73. The SMILES string of the molecule is FC(F)C(F)(F)C(F)(F)C(F)(F)C(F)(F)C(F)(F)C(F)(F)C(F)(F)F.S.